The van der Waals surface area contributed by atoms with Crippen LogP contribution in [0.15, 0.2) is 79.3 Å². The van der Waals surface area contributed by atoms with E-state index in [1.165, 1.54) is 5.56 Å². The quantitative estimate of drug-likeness (QED) is 0.111. The number of hydrogen-bond acceptors (Lipinski definition) is 10. The Bertz CT molecular complexity index is 1930. The van der Waals surface area contributed by atoms with E-state index in [1.807, 2.05) is 80.0 Å². The standard InChI is InChI=1S/C35H40N8O4.CH4O3S.HI/c1-26-5-10-30(37-33(44)28-8-6-27(7-9-28)23-41-16-14-40(2)15-17-41)22-32(26)39-34-36-12-11-31(38-34)29-4-3-13-42(24-29)25-47-35(45)43-18-20-46-21-19-43;1-5(2,3)4;/h3-13,22,24H,14-21,23,25H2,1-2H3,(H-,36,37,38,39,44);1H3,(H,2,3,4);1H/p+2. The van der Waals surface area contributed by atoms with Crippen LogP contribution in [0.3, 0.4) is 0 Å². The first-order valence-corrected chi connectivity index (χ1v) is 18.8. The topological polar surface area (TPSA) is 172 Å². The first kappa shape index (κ1) is 41.5. The van der Waals surface area contributed by atoms with Gasteiger partial charge in [-0.2, -0.15) is 13.0 Å². The van der Waals surface area contributed by atoms with Crippen LogP contribution in [-0.2, 0) is 32.9 Å². The Morgan fingerprint density at radius 1 is 1.04 bits per heavy atom. The molecule has 0 radical (unpaired) electrons. The van der Waals surface area contributed by atoms with Crippen molar-refractivity contribution in [3.05, 3.63) is 95.9 Å². The fourth-order valence-corrected chi connectivity index (χ4v) is 5.57. The van der Waals surface area contributed by atoms with Gasteiger partial charge in [0.2, 0.25) is 5.95 Å². The van der Waals surface area contributed by atoms with Crippen LogP contribution in [-0.4, -0.2) is 111 Å². The molecule has 2 aromatic heterocycles. The van der Waals surface area contributed by atoms with Crippen LogP contribution in [0.25, 0.3) is 11.3 Å². The molecule has 0 saturated carbocycles. The van der Waals surface area contributed by atoms with Crippen molar-refractivity contribution in [1.82, 2.24) is 19.8 Å². The number of amides is 2. The second kappa shape index (κ2) is 19.7. The van der Waals surface area contributed by atoms with E-state index in [-0.39, 0.29) is 42.7 Å². The molecule has 284 valence electrons. The average Bonchev–Trinajstić information content (AvgIpc) is 3.13. The largest absolute Gasteiger partial charge is 0.414 e. The summed E-state index contributed by atoms with van der Waals surface area (Å²) in [5.74, 6) is 0.251. The maximum absolute atomic E-state index is 13.1. The Morgan fingerprint density at radius 3 is 2.43 bits per heavy atom. The summed E-state index contributed by atoms with van der Waals surface area (Å²) in [6, 6.07) is 19.2. The summed E-state index contributed by atoms with van der Waals surface area (Å²) in [5, 5.41) is 6.32. The highest BCUT2D eigenvalue weighted by Crippen LogP contribution is 2.25. The number of nitrogens with one attached hydrogen (secondary N) is 3. The maximum Gasteiger partial charge on any atom is 0.414 e. The van der Waals surface area contributed by atoms with Crippen molar-refractivity contribution in [2.45, 2.75) is 20.2 Å². The predicted octanol–water partition coefficient (Wildman–Crippen LogP) is 2.61. The molecule has 53 heavy (non-hydrogen) atoms. The van der Waals surface area contributed by atoms with E-state index in [1.54, 1.807) is 20.6 Å². The lowest BCUT2D eigenvalue weighted by Gasteiger charge is -2.29. The molecule has 0 atom stereocenters. The summed E-state index contributed by atoms with van der Waals surface area (Å²) >= 11 is 0. The molecule has 4 aromatic rings. The number of quaternary nitrogens is 1. The molecule has 2 aliphatic rings. The number of nitrogens with zero attached hydrogens (tertiary/aromatic N) is 5. The van der Waals surface area contributed by atoms with Crippen LogP contribution >= 0.6 is 24.0 Å². The van der Waals surface area contributed by atoms with Crippen molar-refractivity contribution < 1.29 is 41.5 Å². The molecule has 2 aliphatic heterocycles. The molecular weight excluding hydrogens is 815 g/mol. The van der Waals surface area contributed by atoms with E-state index in [9.17, 15) is 18.0 Å². The Labute approximate surface area is 327 Å². The number of rotatable bonds is 9. The van der Waals surface area contributed by atoms with Crippen LogP contribution in [0.4, 0.5) is 22.1 Å². The number of ether oxygens (including phenoxy) is 2. The van der Waals surface area contributed by atoms with Crippen LogP contribution < -0.4 is 20.1 Å². The van der Waals surface area contributed by atoms with E-state index < -0.39 is 10.1 Å². The van der Waals surface area contributed by atoms with E-state index in [4.69, 9.17) is 19.0 Å². The van der Waals surface area contributed by atoms with Crippen molar-refractivity contribution >= 4 is 63.4 Å². The highest BCUT2D eigenvalue weighted by molar-refractivity contribution is 14.0. The van der Waals surface area contributed by atoms with Gasteiger partial charge in [0.05, 0.1) is 50.9 Å². The third kappa shape index (κ3) is 13.6. The molecule has 6 rings (SSSR count). The van der Waals surface area contributed by atoms with Crippen molar-refractivity contribution in [2.75, 3.05) is 76.4 Å². The molecule has 15 nitrogen and oxygen atoms in total. The smallest absolute Gasteiger partial charge is 0.388 e. The van der Waals surface area contributed by atoms with E-state index in [2.05, 4.69) is 27.6 Å². The second-order valence-corrected chi connectivity index (χ2v) is 14.2. The number of halogens is 1. The third-order valence-corrected chi connectivity index (χ3v) is 8.49. The number of hydrogen-bond donors (Lipinski definition) is 4. The number of carbonyl (C=O) groups is 2. The number of aryl methyl sites for hydroxylation is 1. The van der Waals surface area contributed by atoms with Gasteiger partial charge in [-0.05, 0) is 54.4 Å². The number of pyridine rings is 1. The molecule has 2 fully saturated rings. The monoisotopic (exact) mass is 862 g/mol. The lowest BCUT2D eigenvalue weighted by atomic mass is 10.1. The highest BCUT2D eigenvalue weighted by Gasteiger charge is 2.20. The molecule has 0 unspecified atom stereocenters. The second-order valence-electron chi connectivity index (χ2n) is 12.8. The zero-order valence-corrected chi connectivity index (χ0v) is 33.2. The van der Waals surface area contributed by atoms with E-state index >= 15 is 0 Å². The van der Waals surface area contributed by atoms with Gasteiger partial charge in [-0.15, -0.1) is 24.0 Å². The molecule has 0 spiro atoms. The Kier molecular flexibility index (Phi) is 15.4. The van der Waals surface area contributed by atoms with Gasteiger partial charge in [0.15, 0.2) is 12.4 Å². The summed E-state index contributed by atoms with van der Waals surface area (Å²) in [6.45, 7) is 9.57. The normalized spacial score (nSPS) is 15.0. The van der Waals surface area contributed by atoms with Crippen molar-refractivity contribution in [3.8, 4) is 11.3 Å². The molecule has 0 bridgehead atoms. The zero-order valence-electron chi connectivity index (χ0n) is 30.0. The number of morpholine rings is 1. The maximum atomic E-state index is 13.1. The first-order chi connectivity index (χ1) is 24.9. The van der Waals surface area contributed by atoms with Gasteiger partial charge in [-0.3, -0.25) is 14.2 Å². The van der Waals surface area contributed by atoms with Crippen LogP contribution in [0, 0.1) is 6.92 Å². The number of aromatic nitrogens is 3. The van der Waals surface area contributed by atoms with Crippen molar-refractivity contribution in [2.24, 2.45) is 0 Å². The number of benzene rings is 2. The minimum Gasteiger partial charge on any atom is -0.388 e. The molecular formula is C36H47IN8O7S+2. The van der Waals surface area contributed by atoms with E-state index in [0.717, 1.165) is 49.5 Å². The van der Waals surface area contributed by atoms with Crippen molar-refractivity contribution in [3.63, 3.8) is 0 Å². The van der Waals surface area contributed by atoms with Gasteiger partial charge in [0.1, 0.15) is 0 Å². The Morgan fingerprint density at radius 2 is 1.74 bits per heavy atom. The van der Waals surface area contributed by atoms with Crippen LogP contribution in [0.5, 0.6) is 0 Å². The van der Waals surface area contributed by atoms with Gasteiger partial charge >= 0.3 is 6.09 Å². The fraction of sp³-hybridized carbons (Fsp3) is 0.361. The van der Waals surface area contributed by atoms with Gasteiger partial charge in [-0.25, -0.2) is 14.8 Å². The summed E-state index contributed by atoms with van der Waals surface area (Å²) in [4.78, 5) is 40.3. The highest BCUT2D eigenvalue weighted by atomic mass is 127. The molecule has 17 heteroatoms. The molecule has 2 amide bonds. The summed E-state index contributed by atoms with van der Waals surface area (Å²) in [7, 11) is -1.43. The van der Waals surface area contributed by atoms with E-state index in [0.29, 0.717) is 55.5 Å². The minimum atomic E-state index is -3.67. The average molecular weight is 863 g/mol. The van der Waals surface area contributed by atoms with Crippen LogP contribution in [0.2, 0.25) is 0 Å². The summed E-state index contributed by atoms with van der Waals surface area (Å²) < 4.78 is 38.5. The van der Waals surface area contributed by atoms with Gasteiger partial charge in [0.25, 0.3) is 22.8 Å². The number of piperazine rings is 1. The SMILES string of the molecule is CS(=O)(=O)O.Cc1ccc(NC(=O)c2ccc(CN3CC[NH+](C)CC3)cc2)cc1Nc1nccc(-c2ccc[n+](COC(=O)N3CCOCC3)c2)n1.I. The Balaban J connectivity index is 0.000000980. The van der Waals surface area contributed by atoms with Crippen LogP contribution in [0.1, 0.15) is 21.5 Å². The zero-order chi connectivity index (χ0) is 37.1. The first-order valence-electron chi connectivity index (χ1n) is 17.0. The number of carbonyl (C=O) groups excluding carboxylic acids is 2. The van der Waals surface area contributed by atoms with Gasteiger partial charge in [0, 0.05) is 61.9 Å². The van der Waals surface area contributed by atoms with Crippen molar-refractivity contribution in [1.29, 1.82) is 0 Å². The molecule has 4 heterocycles. The third-order valence-electron chi connectivity index (χ3n) is 8.49. The summed E-state index contributed by atoms with van der Waals surface area (Å²) in [6.07, 6.45) is 5.76. The number of likely N-dealkylation sites (N-methyl/N-ethyl adjacent to an activating group) is 1. The van der Waals surface area contributed by atoms with Gasteiger partial charge < -0.3 is 29.9 Å². The minimum absolute atomic E-state index is 0. The molecule has 2 saturated heterocycles. The lowest BCUT2D eigenvalue weighted by molar-refractivity contribution is -0.884. The van der Waals surface area contributed by atoms with Gasteiger partial charge in [-0.1, -0.05) is 18.2 Å². The molecule has 4 N–H and O–H groups in total. The fourth-order valence-electron chi connectivity index (χ4n) is 5.57. The predicted molar refractivity (Wildman–Crippen MR) is 210 cm³/mol. The molecule has 0 aliphatic carbocycles. The number of anilines is 3. The lowest BCUT2D eigenvalue weighted by Crippen LogP contribution is -3.11. The summed E-state index contributed by atoms with van der Waals surface area (Å²) in [5.41, 5.74) is 5.79. The molecule has 2 aromatic carbocycles. The Hall–Kier alpha value is -4.27.